The van der Waals surface area contributed by atoms with Gasteiger partial charge in [0, 0.05) is 6.16 Å². The van der Waals surface area contributed by atoms with Gasteiger partial charge in [0.15, 0.2) is 8.38 Å². The van der Waals surface area contributed by atoms with Crippen LogP contribution < -0.4 is 0 Å². The number of rotatable bonds is 6. The maximum absolute atomic E-state index is 9.14. The molecule has 0 heterocycles. The van der Waals surface area contributed by atoms with Crippen LogP contribution in [0.3, 0.4) is 0 Å². The Balaban J connectivity index is 2.53. The molecule has 0 aliphatic rings. The third kappa shape index (κ3) is 4.61. The van der Waals surface area contributed by atoms with E-state index in [2.05, 4.69) is 0 Å². The zero-order valence-electron chi connectivity index (χ0n) is 9.14. The second-order valence-corrected chi connectivity index (χ2v) is 4.49. The molecule has 1 aromatic rings. The Bertz CT molecular complexity index is 268. The van der Waals surface area contributed by atoms with Crippen molar-refractivity contribution in [2.75, 3.05) is 13.2 Å². The molecule has 1 aromatic carbocycles. The van der Waals surface area contributed by atoms with Gasteiger partial charge in [0.2, 0.25) is 0 Å². The molecule has 3 nitrogen and oxygen atoms in total. The van der Waals surface area contributed by atoms with Crippen molar-refractivity contribution < 1.29 is 14.2 Å². The van der Waals surface area contributed by atoms with E-state index in [0.29, 0.717) is 13.2 Å². The number of hydrogen-bond donors (Lipinski definition) is 1. The molecule has 0 saturated heterocycles. The van der Waals surface area contributed by atoms with E-state index in [1.165, 1.54) is 0 Å². The van der Waals surface area contributed by atoms with Crippen molar-refractivity contribution in [1.82, 2.24) is 0 Å². The molecule has 0 aliphatic carbocycles. The summed E-state index contributed by atoms with van der Waals surface area (Å²) in [5, 5.41) is 9.14. The van der Waals surface area contributed by atoms with Crippen molar-refractivity contribution in [3.8, 4) is 5.75 Å². The first-order chi connectivity index (χ1) is 7.26. The van der Waals surface area contributed by atoms with Gasteiger partial charge in [0.1, 0.15) is 5.75 Å². The molecule has 0 bridgehead atoms. The fourth-order valence-corrected chi connectivity index (χ4v) is 2.51. The minimum absolute atomic E-state index is 0.288. The first kappa shape index (κ1) is 12.4. The van der Waals surface area contributed by atoms with E-state index in [-0.39, 0.29) is 5.75 Å². The summed E-state index contributed by atoms with van der Waals surface area (Å²) in [6.45, 7) is 5.27. The van der Waals surface area contributed by atoms with Crippen LogP contribution in [0, 0.1) is 0 Å². The summed E-state index contributed by atoms with van der Waals surface area (Å²) in [6.07, 6.45) is 0.775. The molecule has 84 valence electrons. The fraction of sp³-hybridized carbons (Fsp3) is 0.455. The number of aromatic hydroxyl groups is 1. The van der Waals surface area contributed by atoms with Gasteiger partial charge in [-0.3, -0.25) is 0 Å². The van der Waals surface area contributed by atoms with Crippen LogP contribution in [0.5, 0.6) is 5.75 Å². The Hall–Kier alpha value is -0.630. The lowest BCUT2D eigenvalue weighted by atomic mass is 10.2. The van der Waals surface area contributed by atoms with Gasteiger partial charge in [-0.05, 0) is 31.5 Å². The van der Waals surface area contributed by atoms with Gasteiger partial charge in [-0.2, -0.15) is 0 Å². The van der Waals surface area contributed by atoms with Crippen LogP contribution in [0.25, 0.3) is 0 Å². The largest absolute Gasteiger partial charge is 0.508 e. The summed E-state index contributed by atoms with van der Waals surface area (Å²) >= 11 is 0. The lowest BCUT2D eigenvalue weighted by Crippen LogP contribution is -1.93. The highest BCUT2D eigenvalue weighted by Crippen LogP contribution is 2.41. The molecule has 0 amide bonds. The molecule has 1 N–H and O–H groups in total. The quantitative estimate of drug-likeness (QED) is 0.759. The molecule has 0 unspecified atom stereocenters. The van der Waals surface area contributed by atoms with E-state index in [1.54, 1.807) is 12.1 Å². The van der Waals surface area contributed by atoms with Crippen molar-refractivity contribution in [2.45, 2.75) is 20.0 Å². The van der Waals surface area contributed by atoms with E-state index in [4.69, 9.17) is 14.2 Å². The van der Waals surface area contributed by atoms with Crippen LogP contribution in [-0.2, 0) is 15.2 Å². The molecule has 0 saturated carbocycles. The number of phenols is 1. The minimum Gasteiger partial charge on any atom is -0.508 e. The van der Waals surface area contributed by atoms with Crippen LogP contribution in [0.1, 0.15) is 19.4 Å². The van der Waals surface area contributed by atoms with Gasteiger partial charge in [0.25, 0.3) is 0 Å². The molecule has 4 heteroatoms. The molecule has 0 fully saturated rings. The third-order valence-corrected chi connectivity index (χ3v) is 3.51. The predicted molar refractivity (Wildman–Crippen MR) is 62.0 cm³/mol. The summed E-state index contributed by atoms with van der Waals surface area (Å²) in [4.78, 5) is 0. The van der Waals surface area contributed by atoms with Crippen molar-refractivity contribution in [3.63, 3.8) is 0 Å². The summed E-state index contributed by atoms with van der Waals surface area (Å²) in [5.41, 5.74) is 1.13. The molecule has 0 radical (unpaired) electrons. The average Bonchev–Trinajstić information content (AvgIpc) is 2.22. The third-order valence-electron chi connectivity index (χ3n) is 1.79. The summed E-state index contributed by atoms with van der Waals surface area (Å²) in [7, 11) is -0.828. The van der Waals surface area contributed by atoms with Crippen LogP contribution in [0.2, 0.25) is 0 Å². The van der Waals surface area contributed by atoms with Crippen molar-refractivity contribution in [1.29, 1.82) is 0 Å². The van der Waals surface area contributed by atoms with E-state index < -0.39 is 8.38 Å². The van der Waals surface area contributed by atoms with Crippen molar-refractivity contribution >= 4 is 8.38 Å². The van der Waals surface area contributed by atoms with Crippen LogP contribution in [-0.4, -0.2) is 18.3 Å². The van der Waals surface area contributed by atoms with E-state index in [0.717, 1.165) is 11.7 Å². The molecule has 0 aromatic heterocycles. The summed E-state index contributed by atoms with van der Waals surface area (Å²) in [6, 6.07) is 7.15. The molecule has 0 aliphatic heterocycles. The molecule has 0 spiro atoms. The Morgan fingerprint density at radius 1 is 1.07 bits per heavy atom. The first-order valence-electron chi connectivity index (χ1n) is 5.07. The maximum Gasteiger partial charge on any atom is 0.175 e. The van der Waals surface area contributed by atoms with E-state index in [1.807, 2.05) is 26.0 Å². The Morgan fingerprint density at radius 3 is 2.07 bits per heavy atom. The summed E-state index contributed by atoms with van der Waals surface area (Å²) < 4.78 is 11.0. The highest BCUT2D eigenvalue weighted by atomic mass is 31.2. The van der Waals surface area contributed by atoms with E-state index >= 15 is 0 Å². The van der Waals surface area contributed by atoms with Gasteiger partial charge >= 0.3 is 0 Å². The van der Waals surface area contributed by atoms with Crippen LogP contribution in [0.15, 0.2) is 24.3 Å². The normalized spacial score (nSPS) is 10.9. The SMILES string of the molecule is CCOP(Cc1ccc(O)cc1)OCC. The van der Waals surface area contributed by atoms with Gasteiger partial charge in [0.05, 0.1) is 13.2 Å². The number of benzene rings is 1. The van der Waals surface area contributed by atoms with E-state index in [9.17, 15) is 0 Å². The number of phenolic OH excluding ortho intramolecular Hbond substituents is 1. The average molecular weight is 228 g/mol. The van der Waals surface area contributed by atoms with Gasteiger partial charge in [-0.1, -0.05) is 12.1 Å². The molecule has 1 rings (SSSR count). The Morgan fingerprint density at radius 2 is 1.60 bits per heavy atom. The lowest BCUT2D eigenvalue weighted by molar-refractivity contribution is 0.268. The molecule has 0 atom stereocenters. The molecule has 15 heavy (non-hydrogen) atoms. The fourth-order valence-electron chi connectivity index (χ4n) is 1.17. The van der Waals surface area contributed by atoms with Crippen LogP contribution >= 0.6 is 8.38 Å². The monoisotopic (exact) mass is 228 g/mol. The standard InChI is InChI=1S/C11H17O3P/c1-3-13-15(14-4-2)9-10-5-7-11(12)8-6-10/h5-8,12H,3-4,9H2,1-2H3. The van der Waals surface area contributed by atoms with Crippen molar-refractivity contribution in [3.05, 3.63) is 29.8 Å². The smallest absolute Gasteiger partial charge is 0.175 e. The molecular weight excluding hydrogens is 211 g/mol. The Kier molecular flexibility index (Phi) is 5.62. The zero-order valence-corrected chi connectivity index (χ0v) is 10.0. The molecular formula is C11H17O3P. The number of hydrogen-bond acceptors (Lipinski definition) is 3. The minimum atomic E-state index is -0.828. The van der Waals surface area contributed by atoms with Crippen LogP contribution in [0.4, 0.5) is 0 Å². The van der Waals surface area contributed by atoms with Gasteiger partial charge in [-0.15, -0.1) is 0 Å². The first-order valence-corrected chi connectivity index (χ1v) is 6.43. The second-order valence-electron chi connectivity index (χ2n) is 2.99. The predicted octanol–water partition coefficient (Wildman–Crippen LogP) is 3.28. The highest BCUT2D eigenvalue weighted by Gasteiger charge is 2.09. The maximum atomic E-state index is 9.14. The van der Waals surface area contributed by atoms with Gasteiger partial charge in [-0.25, -0.2) is 0 Å². The zero-order chi connectivity index (χ0) is 11.1. The second kappa shape index (κ2) is 6.78. The summed E-state index contributed by atoms with van der Waals surface area (Å²) in [5.74, 6) is 0.288. The lowest BCUT2D eigenvalue weighted by Gasteiger charge is -2.15. The van der Waals surface area contributed by atoms with Gasteiger partial charge < -0.3 is 14.2 Å². The Labute approximate surface area is 92.0 Å². The topological polar surface area (TPSA) is 38.7 Å². The highest BCUT2D eigenvalue weighted by molar-refractivity contribution is 7.46. The van der Waals surface area contributed by atoms with Crippen molar-refractivity contribution in [2.24, 2.45) is 0 Å².